The molecule has 0 bridgehead atoms. The molecule has 1 aliphatic rings. The average Bonchev–Trinajstić information content (AvgIpc) is 3.04. The summed E-state index contributed by atoms with van der Waals surface area (Å²) in [4.78, 5) is 35.8. The number of pyridine rings is 2. The number of nitrogens with one attached hydrogen (secondary N) is 1. The van der Waals surface area contributed by atoms with Crippen LogP contribution in [0.25, 0.3) is 16.7 Å². The number of carbonyl (C=O) groups is 1. The number of fused-ring (bicyclic) bond motifs is 1. The minimum absolute atomic E-state index is 0.113. The van der Waals surface area contributed by atoms with Crippen molar-refractivity contribution in [2.45, 2.75) is 32.1 Å². The molecule has 0 spiro atoms. The van der Waals surface area contributed by atoms with Gasteiger partial charge in [0.05, 0.1) is 49.4 Å². The quantitative estimate of drug-likeness (QED) is 0.131. The Morgan fingerprint density at radius 3 is 2.40 bits per heavy atom. The van der Waals surface area contributed by atoms with E-state index in [0.717, 1.165) is 35.9 Å². The number of piperazine rings is 1. The molecular formula is C36H44ClF2N6O3+. The summed E-state index contributed by atoms with van der Waals surface area (Å²) in [5, 5.41) is 3.06. The van der Waals surface area contributed by atoms with Gasteiger partial charge in [-0.3, -0.25) is 14.5 Å². The highest BCUT2D eigenvalue weighted by Crippen LogP contribution is 2.29. The van der Waals surface area contributed by atoms with Crippen molar-refractivity contribution < 1.29 is 22.8 Å². The fraction of sp³-hybridized carbons (Fsp3) is 0.417. The molecule has 3 heterocycles. The van der Waals surface area contributed by atoms with E-state index in [4.69, 9.17) is 21.3 Å². The van der Waals surface area contributed by atoms with Gasteiger partial charge in [-0.25, -0.2) is 13.8 Å². The Kier molecular flexibility index (Phi) is 11.3. The molecule has 48 heavy (non-hydrogen) atoms. The van der Waals surface area contributed by atoms with Crippen LogP contribution in [0.1, 0.15) is 42.5 Å². The number of anilines is 2. The first-order valence-corrected chi connectivity index (χ1v) is 16.8. The topological polar surface area (TPSA) is 79.7 Å². The molecule has 2 aromatic heterocycles. The monoisotopic (exact) mass is 681 g/mol. The van der Waals surface area contributed by atoms with Crippen molar-refractivity contribution in [2.24, 2.45) is 0 Å². The summed E-state index contributed by atoms with van der Waals surface area (Å²) >= 11 is 6.53. The van der Waals surface area contributed by atoms with Crippen LogP contribution in [0.4, 0.5) is 20.3 Å². The van der Waals surface area contributed by atoms with Gasteiger partial charge in [-0.05, 0) is 62.7 Å². The molecule has 0 radical (unpaired) electrons. The van der Waals surface area contributed by atoms with Crippen molar-refractivity contribution in [1.82, 2.24) is 14.5 Å². The third kappa shape index (κ3) is 8.69. The van der Waals surface area contributed by atoms with Crippen molar-refractivity contribution in [3.05, 3.63) is 87.2 Å². The third-order valence-electron chi connectivity index (χ3n) is 9.00. The Balaban J connectivity index is 1.30. The maximum absolute atomic E-state index is 13.8. The Bertz CT molecular complexity index is 1800. The van der Waals surface area contributed by atoms with Gasteiger partial charge in [0.2, 0.25) is 5.43 Å². The molecule has 2 aromatic carbocycles. The molecule has 0 saturated carbocycles. The minimum atomic E-state index is -0.855. The average molecular weight is 682 g/mol. The fourth-order valence-corrected chi connectivity index (χ4v) is 6.13. The molecule has 0 atom stereocenters. The molecule has 9 nitrogen and oxygen atoms in total. The van der Waals surface area contributed by atoms with Gasteiger partial charge in [0.1, 0.15) is 28.8 Å². The van der Waals surface area contributed by atoms with Crippen LogP contribution in [-0.4, -0.2) is 92.4 Å². The number of benzene rings is 2. The van der Waals surface area contributed by atoms with Crippen molar-refractivity contribution in [2.75, 3.05) is 77.7 Å². The second-order valence-corrected chi connectivity index (χ2v) is 13.5. The normalized spacial score (nSPS) is 14.6. The van der Waals surface area contributed by atoms with Gasteiger partial charge in [-0.2, -0.15) is 0 Å². The standard InChI is InChI=1S/C36H43ClF2N6O3/c1-42(2)33-13-11-29-34(46)30(36(47)40-27-21-25(38)20-26(39)22-27)24-44(35(29)41-33)28-10-12-31(37)32(23-28)48-19-9-7-5-6-8-16-45(4)17-14-43(3)15-18-45/h10-13,20-24H,5-9,14-19H2,1-4H3/p+1. The smallest absolute Gasteiger partial charge is 0.261 e. The molecule has 0 aliphatic carbocycles. The Morgan fingerprint density at radius 1 is 1.00 bits per heavy atom. The summed E-state index contributed by atoms with van der Waals surface area (Å²) in [5.74, 6) is -1.45. The Morgan fingerprint density at radius 2 is 1.69 bits per heavy atom. The van der Waals surface area contributed by atoms with Gasteiger partial charge in [-0.1, -0.05) is 24.4 Å². The van der Waals surface area contributed by atoms with E-state index in [2.05, 4.69) is 24.3 Å². The zero-order valence-electron chi connectivity index (χ0n) is 28.1. The first-order valence-electron chi connectivity index (χ1n) is 16.4. The number of rotatable bonds is 13. The lowest BCUT2D eigenvalue weighted by atomic mass is 10.1. The number of quaternary nitrogens is 1. The second-order valence-electron chi connectivity index (χ2n) is 13.1. The molecule has 12 heteroatoms. The van der Waals surface area contributed by atoms with E-state index in [9.17, 15) is 18.4 Å². The molecule has 0 unspecified atom stereocenters. The largest absolute Gasteiger partial charge is 0.492 e. The maximum atomic E-state index is 13.8. The molecule has 1 saturated heterocycles. The number of carbonyl (C=O) groups excluding carboxylic acids is 1. The molecule has 1 N–H and O–H groups in total. The summed E-state index contributed by atoms with van der Waals surface area (Å²) in [6.45, 7) is 6.49. The van der Waals surface area contributed by atoms with Gasteiger partial charge in [0, 0.05) is 51.2 Å². The summed E-state index contributed by atoms with van der Waals surface area (Å²) in [7, 11) is 8.23. The summed E-state index contributed by atoms with van der Waals surface area (Å²) < 4.78 is 36.5. The van der Waals surface area contributed by atoms with Crippen molar-refractivity contribution in [3.63, 3.8) is 0 Å². The summed E-state index contributed by atoms with van der Waals surface area (Å²) in [6.07, 6.45) is 6.89. The number of halogens is 3. The molecule has 1 amide bonds. The van der Waals surface area contributed by atoms with Crippen LogP contribution in [0.3, 0.4) is 0 Å². The Labute approximate surface area is 285 Å². The molecule has 4 aromatic rings. The number of nitrogens with zero attached hydrogens (tertiary/aromatic N) is 5. The van der Waals surface area contributed by atoms with Crippen molar-refractivity contribution in [3.8, 4) is 11.4 Å². The molecule has 256 valence electrons. The lowest BCUT2D eigenvalue weighted by molar-refractivity contribution is -0.913. The molecule has 5 rings (SSSR count). The van der Waals surface area contributed by atoms with Gasteiger partial charge >= 0.3 is 0 Å². The molecule has 1 aliphatic heterocycles. The number of aromatic nitrogens is 2. The van der Waals surface area contributed by atoms with E-state index in [-0.39, 0.29) is 16.6 Å². The van der Waals surface area contributed by atoms with E-state index in [1.807, 2.05) is 14.1 Å². The number of unbranched alkanes of at least 4 members (excludes halogenated alkanes) is 4. The zero-order valence-corrected chi connectivity index (χ0v) is 28.8. The second kappa shape index (κ2) is 15.4. The lowest BCUT2D eigenvalue weighted by Gasteiger charge is -2.41. The van der Waals surface area contributed by atoms with Crippen LogP contribution < -0.4 is 20.4 Å². The van der Waals surface area contributed by atoms with E-state index in [0.29, 0.717) is 40.6 Å². The highest BCUT2D eigenvalue weighted by molar-refractivity contribution is 6.32. The van der Waals surface area contributed by atoms with E-state index >= 15 is 0 Å². The molecular weight excluding hydrogens is 638 g/mol. The highest BCUT2D eigenvalue weighted by Gasteiger charge is 2.26. The SMILES string of the molecule is CN1CC[N+](C)(CCCCCCCOc2cc(-n3cc(C(=O)Nc4cc(F)cc(F)c4)c(=O)c4ccc(N(C)C)nc43)ccc2Cl)CC1. The van der Waals surface area contributed by atoms with Crippen molar-refractivity contribution >= 4 is 40.0 Å². The third-order valence-corrected chi connectivity index (χ3v) is 9.31. The first kappa shape index (κ1) is 35.3. The number of amides is 1. The highest BCUT2D eigenvalue weighted by atomic mass is 35.5. The van der Waals surface area contributed by atoms with E-state index in [1.54, 1.807) is 39.8 Å². The van der Waals surface area contributed by atoms with Crippen molar-refractivity contribution in [1.29, 1.82) is 0 Å². The van der Waals surface area contributed by atoms with Crippen LogP contribution in [0.2, 0.25) is 5.02 Å². The van der Waals surface area contributed by atoms with Crippen LogP contribution >= 0.6 is 11.6 Å². The summed E-state index contributed by atoms with van der Waals surface area (Å²) in [6, 6.07) is 11.1. The zero-order chi connectivity index (χ0) is 34.4. The van der Waals surface area contributed by atoms with Gasteiger partial charge in [-0.15, -0.1) is 0 Å². The lowest BCUT2D eigenvalue weighted by Crippen LogP contribution is -2.56. The predicted octanol–water partition coefficient (Wildman–Crippen LogP) is 6.36. The number of likely N-dealkylation sites (N-methyl/N-ethyl adjacent to an activating group) is 2. The van der Waals surface area contributed by atoms with Crippen LogP contribution in [0.15, 0.2) is 59.5 Å². The predicted molar refractivity (Wildman–Crippen MR) is 188 cm³/mol. The fourth-order valence-electron chi connectivity index (χ4n) is 5.96. The minimum Gasteiger partial charge on any atom is -0.492 e. The van der Waals surface area contributed by atoms with Gasteiger partial charge < -0.3 is 24.0 Å². The summed E-state index contributed by atoms with van der Waals surface area (Å²) in [5.41, 5.74) is -0.0295. The maximum Gasteiger partial charge on any atom is 0.261 e. The van der Waals surface area contributed by atoms with Gasteiger partial charge in [0.25, 0.3) is 5.91 Å². The number of hydrogen-bond donors (Lipinski definition) is 1. The number of hydrogen-bond acceptors (Lipinski definition) is 6. The Hall–Kier alpha value is -4.06. The number of ether oxygens (including phenoxy) is 1. The van der Waals surface area contributed by atoms with Crippen LogP contribution in [0.5, 0.6) is 5.75 Å². The van der Waals surface area contributed by atoms with Gasteiger partial charge in [0.15, 0.2) is 5.65 Å². The van der Waals surface area contributed by atoms with E-state index < -0.39 is 23.0 Å². The van der Waals surface area contributed by atoms with E-state index in [1.165, 1.54) is 51.8 Å². The first-order chi connectivity index (χ1) is 22.9. The van der Waals surface area contributed by atoms with Crippen LogP contribution in [-0.2, 0) is 0 Å². The van der Waals surface area contributed by atoms with Crippen LogP contribution in [0, 0.1) is 11.6 Å². The molecule has 1 fully saturated rings.